The van der Waals surface area contributed by atoms with E-state index in [1.165, 1.54) is 0 Å². The van der Waals surface area contributed by atoms with Crippen LogP contribution < -0.4 is 0 Å². The Morgan fingerprint density at radius 1 is 1.19 bits per heavy atom. The van der Waals surface area contributed by atoms with Gasteiger partial charge in [0, 0.05) is 28.8 Å². The van der Waals surface area contributed by atoms with Gasteiger partial charge in [0.15, 0.2) is 11.0 Å². The zero-order chi connectivity index (χ0) is 18.1. The van der Waals surface area contributed by atoms with Gasteiger partial charge in [-0.25, -0.2) is 4.98 Å². The van der Waals surface area contributed by atoms with E-state index in [0.717, 1.165) is 49.3 Å². The predicted octanol–water partition coefficient (Wildman–Crippen LogP) is 5.45. The van der Waals surface area contributed by atoms with E-state index in [1.807, 2.05) is 48.9 Å². The number of thioether (sulfide) groups is 1. The third-order valence-electron chi connectivity index (χ3n) is 3.93. The fourth-order valence-corrected chi connectivity index (χ4v) is 4.39. The molecule has 0 unspecified atom stereocenters. The van der Waals surface area contributed by atoms with Crippen LogP contribution in [-0.4, -0.2) is 19.7 Å². The van der Waals surface area contributed by atoms with Crippen LogP contribution in [0.2, 0.25) is 5.02 Å². The molecule has 8 heteroatoms. The summed E-state index contributed by atoms with van der Waals surface area (Å²) in [4.78, 5) is 4.71. The smallest absolute Gasteiger partial charge is 0.191 e. The molecule has 0 fully saturated rings. The lowest BCUT2D eigenvalue weighted by Gasteiger charge is -2.02. The second kappa shape index (κ2) is 7.26. The summed E-state index contributed by atoms with van der Waals surface area (Å²) in [6.45, 7) is 1.92. The molecule has 132 valence electrons. The number of halogens is 1. The molecule has 0 spiro atoms. The van der Waals surface area contributed by atoms with E-state index in [2.05, 4.69) is 15.6 Å². The normalized spacial score (nSPS) is 11.2. The van der Waals surface area contributed by atoms with Crippen molar-refractivity contribution in [2.45, 2.75) is 17.8 Å². The molecule has 0 radical (unpaired) electrons. The van der Waals surface area contributed by atoms with Crippen LogP contribution in [0, 0.1) is 6.92 Å². The topological polar surface area (TPSA) is 56.7 Å². The van der Waals surface area contributed by atoms with E-state index < -0.39 is 0 Å². The first-order chi connectivity index (χ1) is 12.6. The highest BCUT2D eigenvalue weighted by Gasteiger charge is 2.15. The van der Waals surface area contributed by atoms with Crippen molar-refractivity contribution in [3.8, 4) is 22.0 Å². The lowest BCUT2D eigenvalue weighted by Crippen LogP contribution is -1.95. The van der Waals surface area contributed by atoms with E-state index in [9.17, 15) is 0 Å². The van der Waals surface area contributed by atoms with Crippen LogP contribution in [0.15, 0.2) is 51.5 Å². The molecule has 3 aromatic heterocycles. The summed E-state index contributed by atoms with van der Waals surface area (Å²) in [5, 5.41) is 13.2. The van der Waals surface area contributed by atoms with Crippen molar-refractivity contribution in [3.63, 3.8) is 0 Å². The number of benzene rings is 1. The highest BCUT2D eigenvalue weighted by atomic mass is 35.5. The molecule has 0 saturated heterocycles. The molecule has 0 saturated carbocycles. The van der Waals surface area contributed by atoms with Crippen LogP contribution in [0.1, 0.15) is 11.5 Å². The molecule has 0 bridgehead atoms. The van der Waals surface area contributed by atoms with Gasteiger partial charge in [0.05, 0.1) is 17.5 Å². The van der Waals surface area contributed by atoms with Crippen LogP contribution in [-0.2, 0) is 12.8 Å². The Bertz CT molecular complexity index is 1040. The van der Waals surface area contributed by atoms with Gasteiger partial charge in [0.25, 0.3) is 0 Å². The number of thiazole rings is 1. The van der Waals surface area contributed by atoms with E-state index in [1.54, 1.807) is 29.4 Å². The predicted molar refractivity (Wildman–Crippen MR) is 106 cm³/mol. The SMILES string of the molecule is Cc1occc1-c1nnc(SCc2csc(-c3ccc(Cl)cc3)n2)n1C. The number of furan rings is 1. The van der Waals surface area contributed by atoms with Crippen molar-refractivity contribution in [3.05, 3.63) is 58.5 Å². The summed E-state index contributed by atoms with van der Waals surface area (Å²) in [5.74, 6) is 2.38. The van der Waals surface area contributed by atoms with Crippen molar-refractivity contribution in [1.82, 2.24) is 19.7 Å². The maximum absolute atomic E-state index is 5.94. The molecule has 0 aliphatic heterocycles. The largest absolute Gasteiger partial charge is 0.469 e. The van der Waals surface area contributed by atoms with Crippen molar-refractivity contribution < 1.29 is 4.42 Å². The number of aryl methyl sites for hydroxylation is 1. The summed E-state index contributed by atoms with van der Waals surface area (Å²) in [5.41, 5.74) is 3.06. The fourth-order valence-electron chi connectivity index (χ4n) is 2.53. The number of hydrogen-bond acceptors (Lipinski definition) is 6. The first-order valence-corrected chi connectivity index (χ1v) is 10.1. The Balaban J connectivity index is 1.48. The molecule has 0 aliphatic rings. The highest BCUT2D eigenvalue weighted by Crippen LogP contribution is 2.30. The van der Waals surface area contributed by atoms with Gasteiger partial charge in [-0.3, -0.25) is 0 Å². The first-order valence-electron chi connectivity index (χ1n) is 7.89. The standard InChI is InChI=1S/C18H15ClN4OS2/c1-11-15(7-8-24-11)16-21-22-18(23(16)2)26-10-14-9-25-17(20-14)12-3-5-13(19)6-4-12/h3-9H,10H2,1-2H3. The molecule has 1 aromatic carbocycles. The summed E-state index contributed by atoms with van der Waals surface area (Å²) < 4.78 is 7.34. The van der Waals surface area contributed by atoms with Crippen LogP contribution >= 0.6 is 34.7 Å². The monoisotopic (exact) mass is 402 g/mol. The van der Waals surface area contributed by atoms with Gasteiger partial charge in [0.1, 0.15) is 10.8 Å². The molecule has 0 amide bonds. The van der Waals surface area contributed by atoms with Gasteiger partial charge < -0.3 is 8.98 Å². The van der Waals surface area contributed by atoms with Gasteiger partial charge in [-0.05, 0) is 25.1 Å². The molecule has 4 aromatic rings. The highest BCUT2D eigenvalue weighted by molar-refractivity contribution is 7.98. The van der Waals surface area contributed by atoms with Crippen LogP contribution in [0.5, 0.6) is 0 Å². The zero-order valence-corrected chi connectivity index (χ0v) is 16.5. The Morgan fingerprint density at radius 2 is 2.00 bits per heavy atom. The second-order valence-electron chi connectivity index (χ2n) is 5.70. The van der Waals surface area contributed by atoms with E-state index in [0.29, 0.717) is 0 Å². The van der Waals surface area contributed by atoms with E-state index in [4.69, 9.17) is 21.0 Å². The Morgan fingerprint density at radius 3 is 2.73 bits per heavy atom. The van der Waals surface area contributed by atoms with Gasteiger partial charge in [0.2, 0.25) is 0 Å². The van der Waals surface area contributed by atoms with Crippen LogP contribution in [0.4, 0.5) is 0 Å². The van der Waals surface area contributed by atoms with Crippen molar-refractivity contribution in [2.75, 3.05) is 0 Å². The number of nitrogens with zero attached hydrogens (tertiary/aromatic N) is 4. The third-order valence-corrected chi connectivity index (χ3v) is 6.17. The molecule has 3 heterocycles. The first kappa shape index (κ1) is 17.3. The molecule has 0 aliphatic carbocycles. The third kappa shape index (κ3) is 3.42. The van der Waals surface area contributed by atoms with Gasteiger partial charge in [-0.2, -0.15) is 0 Å². The summed E-state index contributed by atoms with van der Waals surface area (Å²) in [7, 11) is 1.96. The lowest BCUT2D eigenvalue weighted by atomic mass is 10.2. The number of rotatable bonds is 5. The fraction of sp³-hybridized carbons (Fsp3) is 0.167. The number of hydrogen-bond donors (Lipinski definition) is 0. The minimum Gasteiger partial charge on any atom is -0.469 e. The van der Waals surface area contributed by atoms with Gasteiger partial charge in [-0.15, -0.1) is 21.5 Å². The summed E-state index contributed by atoms with van der Waals surface area (Å²) in [6, 6.07) is 9.64. The Kier molecular flexibility index (Phi) is 4.84. The maximum Gasteiger partial charge on any atom is 0.191 e. The maximum atomic E-state index is 5.94. The quantitative estimate of drug-likeness (QED) is 0.415. The van der Waals surface area contributed by atoms with Gasteiger partial charge >= 0.3 is 0 Å². The summed E-state index contributed by atoms with van der Waals surface area (Å²) in [6.07, 6.45) is 1.67. The second-order valence-corrected chi connectivity index (χ2v) is 7.93. The van der Waals surface area contributed by atoms with Crippen molar-refractivity contribution >= 4 is 34.7 Å². The Labute approximate surface area is 164 Å². The molecule has 0 atom stereocenters. The molecule has 4 rings (SSSR count). The van der Waals surface area contributed by atoms with Gasteiger partial charge in [-0.1, -0.05) is 35.5 Å². The molecule has 5 nitrogen and oxygen atoms in total. The van der Waals surface area contributed by atoms with E-state index >= 15 is 0 Å². The summed E-state index contributed by atoms with van der Waals surface area (Å²) >= 11 is 9.19. The molecular weight excluding hydrogens is 388 g/mol. The minimum atomic E-state index is 0.729. The minimum absolute atomic E-state index is 0.729. The van der Waals surface area contributed by atoms with E-state index in [-0.39, 0.29) is 0 Å². The number of aromatic nitrogens is 4. The zero-order valence-electron chi connectivity index (χ0n) is 14.1. The molecule has 26 heavy (non-hydrogen) atoms. The van der Waals surface area contributed by atoms with Crippen molar-refractivity contribution in [1.29, 1.82) is 0 Å². The average Bonchev–Trinajstić information content (AvgIpc) is 3.35. The average molecular weight is 403 g/mol. The van der Waals surface area contributed by atoms with Crippen LogP contribution in [0.3, 0.4) is 0 Å². The van der Waals surface area contributed by atoms with Crippen LogP contribution in [0.25, 0.3) is 22.0 Å². The Hall–Kier alpha value is -2.09. The molecular formula is C18H15ClN4OS2. The molecule has 0 N–H and O–H groups in total. The lowest BCUT2D eigenvalue weighted by molar-refractivity contribution is 0.534. The van der Waals surface area contributed by atoms with Crippen molar-refractivity contribution in [2.24, 2.45) is 7.05 Å².